The quantitative estimate of drug-likeness (QED) is 0.239. The molecule has 0 saturated heterocycles. The molecule has 0 unspecified atom stereocenters. The highest BCUT2D eigenvalue weighted by Gasteiger charge is 2.19. The number of rotatable bonds is 7. The van der Waals surface area contributed by atoms with Crippen molar-refractivity contribution in [2.24, 2.45) is 0 Å². The lowest BCUT2D eigenvalue weighted by atomic mass is 10.0. The molecule has 0 aromatic heterocycles. The topological polar surface area (TPSA) is 69.4 Å². The van der Waals surface area contributed by atoms with Crippen molar-refractivity contribution < 1.29 is 14.5 Å². The molecule has 3 aromatic rings. The van der Waals surface area contributed by atoms with Crippen molar-refractivity contribution in [3.05, 3.63) is 111 Å². The second-order valence-electron chi connectivity index (χ2n) is 6.28. The summed E-state index contributed by atoms with van der Waals surface area (Å²) in [5.41, 5.74) is 2.51. The van der Waals surface area contributed by atoms with Gasteiger partial charge in [0.15, 0.2) is 11.5 Å². The molecule has 3 aromatic carbocycles. The Labute approximate surface area is 163 Å². The molecule has 0 heterocycles. The lowest BCUT2D eigenvalue weighted by Crippen LogP contribution is -2.04. The Hall–Kier alpha value is -3.73. The largest absolute Gasteiger partial charge is 0.482 e. The second-order valence-corrected chi connectivity index (χ2v) is 6.28. The number of carbonyl (C=O) groups is 1. The van der Waals surface area contributed by atoms with Crippen LogP contribution in [0.25, 0.3) is 6.08 Å². The molecule has 0 atom stereocenters. The van der Waals surface area contributed by atoms with Crippen LogP contribution in [0.15, 0.2) is 84.4 Å². The summed E-state index contributed by atoms with van der Waals surface area (Å²) in [5, 5.41) is 11.3. The summed E-state index contributed by atoms with van der Waals surface area (Å²) in [7, 11) is 0. The molecule has 0 radical (unpaired) electrons. The number of benzene rings is 3. The number of Topliss-reactive ketones (excluding diaryl/α,β-unsaturated/α-hetero) is 1. The fraction of sp³-hybridized carbons (Fsp3) is 0.0870. The normalized spacial score (nSPS) is 11.1. The smallest absolute Gasteiger partial charge is 0.310 e. The monoisotopic (exact) mass is 373 g/mol. The third-order valence-corrected chi connectivity index (χ3v) is 4.20. The number of nitro benzene ring substituents is 1. The van der Waals surface area contributed by atoms with Crippen molar-refractivity contribution in [3.8, 4) is 5.75 Å². The van der Waals surface area contributed by atoms with E-state index in [9.17, 15) is 14.9 Å². The Kier molecular flexibility index (Phi) is 5.97. The standard InChI is InChI=1S/C23H19NO4/c1-17(14-18-8-4-2-5-9-18)23(25)20-12-13-21(24(26)27)22(15-20)28-16-19-10-6-3-7-11-19/h2-15H,16H2,1H3/b17-14+. The van der Waals surface area contributed by atoms with Gasteiger partial charge in [-0.3, -0.25) is 14.9 Å². The van der Waals surface area contributed by atoms with Gasteiger partial charge >= 0.3 is 5.69 Å². The maximum atomic E-state index is 12.8. The fourth-order valence-corrected chi connectivity index (χ4v) is 2.75. The lowest BCUT2D eigenvalue weighted by molar-refractivity contribution is -0.385. The minimum Gasteiger partial charge on any atom is -0.482 e. The van der Waals surface area contributed by atoms with E-state index in [1.165, 1.54) is 18.2 Å². The molecule has 0 bridgehead atoms. The Balaban J connectivity index is 1.86. The van der Waals surface area contributed by atoms with Gasteiger partial charge in [0.05, 0.1) is 4.92 Å². The first-order chi connectivity index (χ1) is 13.5. The molecule has 140 valence electrons. The van der Waals surface area contributed by atoms with Crippen molar-refractivity contribution in [1.82, 2.24) is 0 Å². The summed E-state index contributed by atoms with van der Waals surface area (Å²) >= 11 is 0. The minimum absolute atomic E-state index is 0.0761. The van der Waals surface area contributed by atoms with E-state index >= 15 is 0 Å². The first-order valence-corrected chi connectivity index (χ1v) is 8.78. The van der Waals surface area contributed by atoms with Crippen LogP contribution in [0.1, 0.15) is 28.4 Å². The Morgan fingerprint density at radius 1 is 1.00 bits per heavy atom. The maximum absolute atomic E-state index is 12.8. The zero-order chi connectivity index (χ0) is 19.9. The number of hydrogen-bond acceptors (Lipinski definition) is 4. The number of nitro groups is 1. The van der Waals surface area contributed by atoms with Gasteiger partial charge in [0.2, 0.25) is 0 Å². The molecule has 5 heteroatoms. The third kappa shape index (κ3) is 4.71. The molecular weight excluding hydrogens is 354 g/mol. The maximum Gasteiger partial charge on any atom is 0.310 e. The van der Waals surface area contributed by atoms with Gasteiger partial charge in [0, 0.05) is 11.6 Å². The number of ether oxygens (including phenoxy) is 1. The highest BCUT2D eigenvalue weighted by atomic mass is 16.6. The van der Waals surface area contributed by atoms with Gasteiger partial charge in [-0.2, -0.15) is 0 Å². The summed E-state index contributed by atoms with van der Waals surface area (Å²) in [5.74, 6) is -0.129. The Bertz CT molecular complexity index is 1010. The molecule has 0 aliphatic heterocycles. The predicted octanol–water partition coefficient (Wildman–Crippen LogP) is 5.46. The average Bonchev–Trinajstić information content (AvgIpc) is 2.72. The Morgan fingerprint density at radius 3 is 2.29 bits per heavy atom. The molecular formula is C23H19NO4. The van der Waals surface area contributed by atoms with Crippen LogP contribution in [-0.2, 0) is 6.61 Å². The third-order valence-electron chi connectivity index (χ3n) is 4.20. The summed E-state index contributed by atoms with van der Waals surface area (Å²) in [6.45, 7) is 1.90. The lowest BCUT2D eigenvalue weighted by Gasteiger charge is -2.09. The molecule has 0 saturated carbocycles. The fourth-order valence-electron chi connectivity index (χ4n) is 2.75. The summed E-state index contributed by atoms with van der Waals surface area (Å²) in [4.78, 5) is 23.6. The van der Waals surface area contributed by atoms with Gasteiger partial charge in [-0.15, -0.1) is 0 Å². The summed E-state index contributed by atoms with van der Waals surface area (Å²) < 4.78 is 5.66. The molecule has 0 fully saturated rings. The van der Waals surface area contributed by atoms with Gasteiger partial charge in [0.1, 0.15) is 6.61 Å². The van der Waals surface area contributed by atoms with Crippen LogP contribution >= 0.6 is 0 Å². The van der Waals surface area contributed by atoms with Crippen LogP contribution in [0, 0.1) is 10.1 Å². The Morgan fingerprint density at radius 2 is 1.64 bits per heavy atom. The molecule has 3 rings (SSSR count). The van der Waals surface area contributed by atoms with E-state index in [0.717, 1.165) is 11.1 Å². The van der Waals surface area contributed by atoms with Crippen molar-refractivity contribution >= 4 is 17.5 Å². The van der Waals surface area contributed by atoms with E-state index in [-0.39, 0.29) is 23.8 Å². The zero-order valence-electron chi connectivity index (χ0n) is 15.4. The number of carbonyl (C=O) groups excluding carboxylic acids is 1. The highest BCUT2D eigenvalue weighted by molar-refractivity contribution is 6.11. The van der Waals surface area contributed by atoms with Crippen molar-refractivity contribution in [2.45, 2.75) is 13.5 Å². The highest BCUT2D eigenvalue weighted by Crippen LogP contribution is 2.30. The van der Waals surface area contributed by atoms with Crippen LogP contribution in [-0.4, -0.2) is 10.7 Å². The molecule has 0 N–H and O–H groups in total. The summed E-state index contributed by atoms with van der Waals surface area (Å²) in [6.07, 6.45) is 1.79. The van der Waals surface area contributed by atoms with Crippen LogP contribution in [0.3, 0.4) is 0 Å². The number of nitrogens with zero attached hydrogens (tertiary/aromatic N) is 1. The van der Waals surface area contributed by atoms with Crippen molar-refractivity contribution in [2.75, 3.05) is 0 Å². The average molecular weight is 373 g/mol. The van der Waals surface area contributed by atoms with Gasteiger partial charge in [-0.05, 0) is 41.8 Å². The predicted molar refractivity (Wildman–Crippen MR) is 108 cm³/mol. The SMILES string of the molecule is C/C(=C\c1ccccc1)C(=O)c1ccc([N+](=O)[O-])c(OCc2ccccc2)c1. The van der Waals surface area contributed by atoms with Crippen LogP contribution in [0.5, 0.6) is 5.75 Å². The van der Waals surface area contributed by atoms with Crippen LogP contribution in [0.2, 0.25) is 0 Å². The first-order valence-electron chi connectivity index (χ1n) is 8.78. The van der Waals surface area contributed by atoms with Gasteiger partial charge in [-0.1, -0.05) is 60.7 Å². The van der Waals surface area contributed by atoms with Gasteiger partial charge < -0.3 is 4.74 Å². The molecule has 5 nitrogen and oxygen atoms in total. The van der Waals surface area contributed by atoms with Crippen LogP contribution < -0.4 is 4.74 Å². The van der Waals surface area contributed by atoms with Crippen molar-refractivity contribution in [3.63, 3.8) is 0 Å². The first kappa shape index (κ1) is 19.0. The van der Waals surface area contributed by atoms with E-state index < -0.39 is 4.92 Å². The van der Waals surface area contributed by atoms with E-state index in [1.54, 1.807) is 13.0 Å². The molecule has 0 aliphatic carbocycles. The van der Waals surface area contributed by atoms with E-state index in [1.807, 2.05) is 60.7 Å². The van der Waals surface area contributed by atoms with E-state index in [0.29, 0.717) is 11.1 Å². The van der Waals surface area contributed by atoms with E-state index in [4.69, 9.17) is 4.74 Å². The van der Waals surface area contributed by atoms with Gasteiger partial charge in [-0.25, -0.2) is 0 Å². The minimum atomic E-state index is -0.513. The second kappa shape index (κ2) is 8.77. The summed E-state index contributed by atoms with van der Waals surface area (Å²) in [6, 6.07) is 23.1. The van der Waals surface area contributed by atoms with E-state index in [2.05, 4.69) is 0 Å². The molecule has 0 spiro atoms. The molecule has 28 heavy (non-hydrogen) atoms. The van der Waals surface area contributed by atoms with Crippen LogP contribution in [0.4, 0.5) is 5.69 Å². The zero-order valence-corrected chi connectivity index (χ0v) is 15.4. The number of hydrogen-bond donors (Lipinski definition) is 0. The molecule has 0 aliphatic rings. The van der Waals surface area contributed by atoms with Crippen molar-refractivity contribution in [1.29, 1.82) is 0 Å². The number of ketones is 1. The van der Waals surface area contributed by atoms with Gasteiger partial charge in [0.25, 0.3) is 0 Å². The molecule has 0 amide bonds. The number of allylic oxidation sites excluding steroid dienone is 1.